The average Bonchev–Trinajstić information content (AvgIpc) is 2.90. The summed E-state index contributed by atoms with van der Waals surface area (Å²) < 4.78 is 4.87. The summed E-state index contributed by atoms with van der Waals surface area (Å²) in [7, 11) is 0. The quantitative estimate of drug-likeness (QED) is 0.851. The van der Waals surface area contributed by atoms with Gasteiger partial charge in [0.05, 0.1) is 18.4 Å². The Morgan fingerprint density at radius 2 is 2.05 bits per heavy atom. The van der Waals surface area contributed by atoms with Crippen LogP contribution < -0.4 is 11.1 Å². The largest absolute Gasteiger partial charge is 0.452 e. The fourth-order valence-electron chi connectivity index (χ4n) is 1.59. The lowest BCUT2D eigenvalue weighted by Gasteiger charge is -2.04. The second kappa shape index (κ2) is 6.80. The predicted molar refractivity (Wildman–Crippen MR) is 77.3 cm³/mol. The van der Waals surface area contributed by atoms with Crippen molar-refractivity contribution in [2.24, 2.45) is 5.73 Å². The summed E-state index contributed by atoms with van der Waals surface area (Å²) in [5.41, 5.74) is 7.50. The van der Waals surface area contributed by atoms with Crippen molar-refractivity contribution in [3.63, 3.8) is 0 Å². The molecule has 0 atom stereocenters. The Kier molecular flexibility index (Phi) is 4.83. The zero-order valence-electron chi connectivity index (χ0n) is 10.7. The van der Waals surface area contributed by atoms with E-state index in [9.17, 15) is 4.79 Å². The Labute approximate surface area is 121 Å². The van der Waals surface area contributed by atoms with Crippen molar-refractivity contribution in [2.45, 2.75) is 6.54 Å². The number of hydrogen-bond acceptors (Lipinski definition) is 3. The molecule has 3 N–H and O–H groups in total. The zero-order chi connectivity index (χ0) is 14.4. The molecule has 0 spiro atoms. The van der Waals surface area contributed by atoms with E-state index in [1.165, 1.54) is 12.3 Å². The van der Waals surface area contributed by atoms with Gasteiger partial charge in [-0.05, 0) is 35.4 Å². The summed E-state index contributed by atoms with van der Waals surface area (Å²) in [6.45, 7) is 0.744. The maximum atomic E-state index is 11.8. The summed E-state index contributed by atoms with van der Waals surface area (Å²) in [5, 5.41) is 2.86. The van der Waals surface area contributed by atoms with Gasteiger partial charge in [0.15, 0.2) is 0 Å². The van der Waals surface area contributed by atoms with Gasteiger partial charge < -0.3 is 15.5 Å². The minimum Gasteiger partial charge on any atom is -0.452 e. The number of amides is 1. The van der Waals surface area contributed by atoms with Crippen LogP contribution in [-0.2, 0) is 6.54 Å². The highest BCUT2D eigenvalue weighted by molar-refractivity contribution is 6.32. The van der Waals surface area contributed by atoms with Crippen molar-refractivity contribution in [1.82, 2.24) is 5.32 Å². The summed E-state index contributed by atoms with van der Waals surface area (Å²) in [4.78, 5) is 11.8. The number of nitrogens with two attached hydrogens (primary N) is 1. The SMILES string of the molecule is NCC#Cc1ccc(CNC(=O)c2ccoc2Cl)cc1. The first-order valence-electron chi connectivity index (χ1n) is 6.00. The van der Waals surface area contributed by atoms with Crippen molar-refractivity contribution >= 4 is 17.5 Å². The van der Waals surface area contributed by atoms with Gasteiger partial charge in [0.25, 0.3) is 5.91 Å². The second-order valence-electron chi connectivity index (χ2n) is 3.99. The van der Waals surface area contributed by atoms with Crippen LogP contribution in [-0.4, -0.2) is 12.5 Å². The molecule has 0 radical (unpaired) electrons. The molecular formula is C15H13ClN2O2. The van der Waals surface area contributed by atoms with Crippen LogP contribution in [0.15, 0.2) is 41.0 Å². The number of carbonyl (C=O) groups excluding carboxylic acids is 1. The van der Waals surface area contributed by atoms with E-state index in [0.29, 0.717) is 18.7 Å². The maximum Gasteiger partial charge on any atom is 0.256 e. The Hall–Kier alpha value is -2.22. The molecule has 4 nitrogen and oxygen atoms in total. The third-order valence-corrected chi connectivity index (χ3v) is 2.90. The molecule has 0 aliphatic carbocycles. The van der Waals surface area contributed by atoms with E-state index in [1.807, 2.05) is 24.3 Å². The number of carbonyl (C=O) groups is 1. The third-order valence-electron chi connectivity index (χ3n) is 2.60. The van der Waals surface area contributed by atoms with Gasteiger partial charge in [-0.3, -0.25) is 4.79 Å². The van der Waals surface area contributed by atoms with E-state index in [0.717, 1.165) is 11.1 Å². The molecule has 1 amide bonds. The van der Waals surface area contributed by atoms with Gasteiger partial charge in [0.1, 0.15) is 0 Å². The second-order valence-corrected chi connectivity index (χ2v) is 4.34. The van der Waals surface area contributed by atoms with Crippen LogP contribution in [0.2, 0.25) is 5.22 Å². The average molecular weight is 289 g/mol. The molecule has 102 valence electrons. The van der Waals surface area contributed by atoms with Crippen LogP contribution in [0.1, 0.15) is 21.5 Å². The van der Waals surface area contributed by atoms with Crippen LogP contribution >= 0.6 is 11.6 Å². The van der Waals surface area contributed by atoms with Crippen LogP contribution in [0.4, 0.5) is 0 Å². The van der Waals surface area contributed by atoms with Gasteiger partial charge in [0.2, 0.25) is 5.22 Å². The Morgan fingerprint density at radius 1 is 1.30 bits per heavy atom. The fraction of sp³-hybridized carbons (Fsp3) is 0.133. The van der Waals surface area contributed by atoms with Crippen molar-refractivity contribution in [1.29, 1.82) is 0 Å². The van der Waals surface area contributed by atoms with Crippen LogP contribution in [0.25, 0.3) is 0 Å². The molecule has 1 aromatic heterocycles. The first-order valence-corrected chi connectivity index (χ1v) is 6.37. The van der Waals surface area contributed by atoms with E-state index in [-0.39, 0.29) is 11.1 Å². The molecule has 1 aromatic carbocycles. The zero-order valence-corrected chi connectivity index (χ0v) is 11.4. The first-order chi connectivity index (χ1) is 9.70. The molecule has 20 heavy (non-hydrogen) atoms. The van der Waals surface area contributed by atoms with Crippen LogP contribution in [0.3, 0.4) is 0 Å². The first kappa shape index (κ1) is 14.2. The topological polar surface area (TPSA) is 68.3 Å². The van der Waals surface area contributed by atoms with Crippen LogP contribution in [0.5, 0.6) is 0 Å². The standard InChI is InChI=1S/C15H13ClN2O2/c16-14-13(7-9-20-14)15(19)18-10-12-5-3-11(4-6-12)2-1-8-17/h3-7,9H,8,10,17H2,(H,18,19). The van der Waals surface area contributed by atoms with Gasteiger partial charge >= 0.3 is 0 Å². The van der Waals surface area contributed by atoms with Gasteiger partial charge in [-0.15, -0.1) is 0 Å². The molecule has 0 saturated carbocycles. The summed E-state index contributed by atoms with van der Waals surface area (Å²) in [5.74, 6) is 5.45. The van der Waals surface area contributed by atoms with E-state index in [1.54, 1.807) is 0 Å². The molecule has 0 saturated heterocycles. The van der Waals surface area contributed by atoms with Crippen molar-refractivity contribution < 1.29 is 9.21 Å². The molecule has 0 fully saturated rings. The van der Waals surface area contributed by atoms with Crippen molar-refractivity contribution in [3.05, 3.63) is 58.5 Å². The molecule has 0 aliphatic heterocycles. The molecular weight excluding hydrogens is 276 g/mol. The van der Waals surface area contributed by atoms with Gasteiger partial charge in [0, 0.05) is 12.1 Å². The number of furan rings is 1. The van der Waals surface area contributed by atoms with Gasteiger partial charge in [-0.25, -0.2) is 0 Å². The lowest BCUT2D eigenvalue weighted by molar-refractivity contribution is 0.0950. The Morgan fingerprint density at radius 3 is 2.65 bits per heavy atom. The smallest absolute Gasteiger partial charge is 0.256 e. The maximum absolute atomic E-state index is 11.8. The van der Waals surface area contributed by atoms with Gasteiger partial charge in [-0.1, -0.05) is 24.0 Å². The molecule has 0 aliphatic rings. The highest BCUT2D eigenvalue weighted by Gasteiger charge is 2.12. The summed E-state index contributed by atoms with van der Waals surface area (Å²) in [6.07, 6.45) is 1.38. The minimum atomic E-state index is -0.268. The molecule has 0 unspecified atom stereocenters. The number of benzene rings is 1. The van der Waals surface area contributed by atoms with Crippen molar-refractivity contribution in [3.8, 4) is 11.8 Å². The normalized spacial score (nSPS) is 9.70. The number of nitrogens with one attached hydrogen (secondary N) is 1. The lowest BCUT2D eigenvalue weighted by Crippen LogP contribution is -2.22. The van der Waals surface area contributed by atoms with Crippen molar-refractivity contribution in [2.75, 3.05) is 6.54 Å². The monoisotopic (exact) mass is 288 g/mol. The van der Waals surface area contributed by atoms with Gasteiger partial charge in [-0.2, -0.15) is 0 Å². The summed E-state index contributed by atoms with van der Waals surface area (Å²) in [6, 6.07) is 9.10. The molecule has 5 heteroatoms. The summed E-state index contributed by atoms with van der Waals surface area (Å²) >= 11 is 5.73. The highest BCUT2D eigenvalue weighted by atomic mass is 35.5. The minimum absolute atomic E-state index is 0.0925. The number of hydrogen-bond donors (Lipinski definition) is 2. The molecule has 2 rings (SSSR count). The Bertz CT molecular complexity index is 651. The van der Waals surface area contributed by atoms with E-state index in [4.69, 9.17) is 21.8 Å². The van der Waals surface area contributed by atoms with Crippen LogP contribution in [0, 0.1) is 11.8 Å². The fourth-order valence-corrected chi connectivity index (χ4v) is 1.79. The number of rotatable bonds is 3. The highest BCUT2D eigenvalue weighted by Crippen LogP contribution is 2.16. The number of halogens is 1. The molecule has 1 heterocycles. The van der Waals surface area contributed by atoms with E-state index >= 15 is 0 Å². The lowest BCUT2D eigenvalue weighted by atomic mass is 10.1. The molecule has 0 bridgehead atoms. The Balaban J connectivity index is 1.94. The third kappa shape index (κ3) is 3.64. The predicted octanol–water partition coefficient (Wildman–Crippen LogP) is 2.17. The van der Waals surface area contributed by atoms with E-state index in [2.05, 4.69) is 17.2 Å². The molecule has 2 aromatic rings. The van der Waals surface area contributed by atoms with E-state index < -0.39 is 0 Å².